The Kier molecular flexibility index (Phi) is 5.75. The summed E-state index contributed by atoms with van der Waals surface area (Å²) in [5, 5.41) is 11.1. The van der Waals surface area contributed by atoms with Crippen molar-refractivity contribution in [2.45, 2.75) is 39.7 Å². The summed E-state index contributed by atoms with van der Waals surface area (Å²) in [6.07, 6.45) is 0.574. The molecular formula is C22H22ClNO4. The van der Waals surface area contributed by atoms with E-state index in [-0.39, 0.29) is 30.2 Å². The number of fused-ring (bicyclic) bond motifs is 1. The normalized spacial score (nSPS) is 12.1. The molecule has 1 atom stereocenters. The van der Waals surface area contributed by atoms with Crippen LogP contribution in [0.1, 0.15) is 41.9 Å². The predicted molar refractivity (Wildman–Crippen MR) is 109 cm³/mol. The van der Waals surface area contributed by atoms with Gasteiger partial charge in [0.05, 0.1) is 18.0 Å². The molecule has 3 rings (SSSR count). The first kappa shape index (κ1) is 20.0. The molecule has 5 nitrogen and oxygen atoms in total. The lowest BCUT2D eigenvalue weighted by Gasteiger charge is -2.11. The van der Waals surface area contributed by atoms with E-state index in [0.717, 1.165) is 6.42 Å². The second-order valence-electron chi connectivity index (χ2n) is 6.80. The third-order valence-corrected chi connectivity index (χ3v) is 5.09. The van der Waals surface area contributed by atoms with Crippen LogP contribution >= 0.6 is 11.6 Å². The van der Waals surface area contributed by atoms with Crippen LogP contribution in [0, 0.1) is 6.92 Å². The lowest BCUT2D eigenvalue weighted by Crippen LogP contribution is -2.17. The molecule has 146 valence electrons. The summed E-state index contributed by atoms with van der Waals surface area (Å²) in [5.74, 6) is -0.523. The highest BCUT2D eigenvalue weighted by molar-refractivity contribution is 6.30. The third kappa shape index (κ3) is 3.90. The van der Waals surface area contributed by atoms with Gasteiger partial charge in [0.2, 0.25) is 0 Å². The second kappa shape index (κ2) is 8.07. The van der Waals surface area contributed by atoms with E-state index in [4.69, 9.17) is 16.3 Å². The lowest BCUT2D eigenvalue weighted by atomic mass is 10.1. The van der Waals surface area contributed by atoms with E-state index in [1.165, 1.54) is 6.07 Å². The number of carbonyl (C=O) groups is 2. The Bertz CT molecular complexity index is 1040. The molecule has 1 aromatic heterocycles. The van der Waals surface area contributed by atoms with E-state index in [1.54, 1.807) is 47.9 Å². The van der Waals surface area contributed by atoms with E-state index in [9.17, 15) is 14.7 Å². The first-order valence-electron chi connectivity index (χ1n) is 9.14. The first-order valence-corrected chi connectivity index (χ1v) is 9.52. The van der Waals surface area contributed by atoms with E-state index in [1.807, 2.05) is 13.8 Å². The zero-order valence-corrected chi connectivity index (χ0v) is 16.8. The molecule has 0 aliphatic carbocycles. The number of esters is 1. The van der Waals surface area contributed by atoms with Crippen LogP contribution < -0.4 is 0 Å². The van der Waals surface area contributed by atoms with Gasteiger partial charge < -0.3 is 9.84 Å². The third-order valence-electron chi connectivity index (χ3n) is 4.84. The fourth-order valence-electron chi connectivity index (χ4n) is 3.17. The second-order valence-corrected chi connectivity index (χ2v) is 7.23. The average Bonchev–Trinajstić information content (AvgIpc) is 2.93. The molecule has 0 aliphatic heterocycles. The zero-order valence-electron chi connectivity index (χ0n) is 16.0. The molecule has 6 heteroatoms. The Morgan fingerprint density at radius 1 is 1.18 bits per heavy atom. The van der Waals surface area contributed by atoms with E-state index in [2.05, 4.69) is 0 Å². The summed E-state index contributed by atoms with van der Waals surface area (Å²) in [4.78, 5) is 25.5. The van der Waals surface area contributed by atoms with Crippen molar-refractivity contribution in [3.63, 3.8) is 0 Å². The van der Waals surface area contributed by atoms with Gasteiger partial charge in [-0.05, 0) is 68.3 Å². The molecular weight excluding hydrogens is 378 g/mol. The van der Waals surface area contributed by atoms with E-state index >= 15 is 0 Å². The molecule has 0 saturated carbocycles. The van der Waals surface area contributed by atoms with Crippen molar-refractivity contribution in [3.8, 4) is 5.75 Å². The Morgan fingerprint density at radius 2 is 1.86 bits per heavy atom. The topological polar surface area (TPSA) is 68.5 Å². The van der Waals surface area contributed by atoms with E-state index in [0.29, 0.717) is 32.7 Å². The van der Waals surface area contributed by atoms with Crippen LogP contribution in [-0.2, 0) is 16.0 Å². The summed E-state index contributed by atoms with van der Waals surface area (Å²) in [6, 6.07) is 11.4. The number of hydrogen-bond donors (Lipinski definition) is 1. The highest BCUT2D eigenvalue weighted by atomic mass is 35.5. The summed E-state index contributed by atoms with van der Waals surface area (Å²) < 4.78 is 6.95. The van der Waals surface area contributed by atoms with Crippen molar-refractivity contribution >= 4 is 34.4 Å². The number of nitrogens with zero attached hydrogens (tertiary/aromatic N) is 1. The van der Waals surface area contributed by atoms with Gasteiger partial charge in [-0.2, -0.15) is 0 Å². The summed E-state index contributed by atoms with van der Waals surface area (Å²) in [6.45, 7) is 5.57. The Labute approximate surface area is 168 Å². The molecule has 0 aliphatic rings. The molecule has 28 heavy (non-hydrogen) atoms. The molecule has 0 radical (unpaired) electrons. The van der Waals surface area contributed by atoms with Crippen LogP contribution in [0.5, 0.6) is 5.75 Å². The van der Waals surface area contributed by atoms with Crippen molar-refractivity contribution in [3.05, 3.63) is 64.3 Å². The maximum Gasteiger partial charge on any atom is 0.310 e. The van der Waals surface area contributed by atoms with Gasteiger partial charge in [0.1, 0.15) is 5.75 Å². The fraction of sp³-hybridized carbons (Fsp3) is 0.273. The Balaban J connectivity index is 2.08. The molecule has 3 aromatic rings. The molecule has 0 spiro atoms. The first-order chi connectivity index (χ1) is 13.3. The van der Waals surface area contributed by atoms with Crippen LogP contribution in [0.15, 0.2) is 42.5 Å². The Hall–Kier alpha value is -2.79. The van der Waals surface area contributed by atoms with Crippen molar-refractivity contribution in [2.75, 3.05) is 0 Å². The summed E-state index contributed by atoms with van der Waals surface area (Å²) in [7, 11) is 0. The Morgan fingerprint density at radius 3 is 2.50 bits per heavy atom. The van der Waals surface area contributed by atoms with Gasteiger partial charge in [-0.15, -0.1) is 0 Å². The number of ether oxygens (including phenoxy) is 1. The molecule has 0 amide bonds. The van der Waals surface area contributed by atoms with Crippen molar-refractivity contribution in [2.24, 2.45) is 0 Å². The maximum atomic E-state index is 13.1. The van der Waals surface area contributed by atoms with Crippen LogP contribution in [0.3, 0.4) is 0 Å². The van der Waals surface area contributed by atoms with Gasteiger partial charge in [0.25, 0.3) is 5.91 Å². The van der Waals surface area contributed by atoms with Crippen LogP contribution in [0.4, 0.5) is 0 Å². The highest BCUT2D eigenvalue weighted by Crippen LogP contribution is 2.30. The number of hydrogen-bond acceptors (Lipinski definition) is 4. The minimum absolute atomic E-state index is 0.0248. The number of carbonyl (C=O) groups excluding carboxylic acids is 2. The summed E-state index contributed by atoms with van der Waals surface area (Å²) in [5.41, 5.74) is 2.41. The zero-order chi connectivity index (χ0) is 20.4. The van der Waals surface area contributed by atoms with Crippen LogP contribution in [-0.4, -0.2) is 27.7 Å². The number of aromatic nitrogens is 1. The lowest BCUT2D eigenvalue weighted by molar-refractivity contribution is -0.147. The quantitative estimate of drug-likeness (QED) is 0.621. The van der Waals surface area contributed by atoms with Gasteiger partial charge in [0.15, 0.2) is 0 Å². The number of phenolic OH excluding ortho intramolecular Hbond substituents is 1. The van der Waals surface area contributed by atoms with Gasteiger partial charge >= 0.3 is 5.97 Å². The van der Waals surface area contributed by atoms with Gasteiger partial charge in [-0.3, -0.25) is 14.2 Å². The largest absolute Gasteiger partial charge is 0.508 e. The minimum atomic E-state index is -0.362. The number of aromatic hydroxyl groups is 1. The van der Waals surface area contributed by atoms with Crippen LogP contribution in [0.25, 0.3) is 10.9 Å². The molecule has 0 fully saturated rings. The van der Waals surface area contributed by atoms with Crippen LogP contribution in [0.2, 0.25) is 5.02 Å². The number of rotatable bonds is 5. The average molecular weight is 400 g/mol. The standard InChI is InChI=1S/C22H22ClNO4/c1-4-13(2)28-21(26)12-18-14(3)24(20-10-9-17(25)11-19(18)20)22(27)15-5-7-16(23)8-6-15/h5-11,13,25H,4,12H2,1-3H3. The highest BCUT2D eigenvalue weighted by Gasteiger charge is 2.22. The molecule has 1 unspecified atom stereocenters. The molecule has 0 bridgehead atoms. The SMILES string of the molecule is CCC(C)OC(=O)Cc1c(C)n(C(=O)c2ccc(Cl)cc2)c2ccc(O)cc12. The molecule has 0 saturated heterocycles. The van der Waals surface area contributed by atoms with Gasteiger partial charge in [0, 0.05) is 21.7 Å². The van der Waals surface area contributed by atoms with Gasteiger partial charge in [-0.1, -0.05) is 18.5 Å². The van der Waals surface area contributed by atoms with Gasteiger partial charge in [-0.25, -0.2) is 0 Å². The predicted octanol–water partition coefficient (Wildman–Crippen LogP) is 4.88. The molecule has 1 N–H and O–H groups in total. The van der Waals surface area contributed by atoms with Crippen molar-refractivity contribution < 1.29 is 19.4 Å². The number of benzene rings is 2. The fourth-order valence-corrected chi connectivity index (χ4v) is 3.30. The van der Waals surface area contributed by atoms with E-state index < -0.39 is 0 Å². The summed E-state index contributed by atoms with van der Waals surface area (Å²) >= 11 is 5.92. The number of phenols is 1. The smallest absolute Gasteiger partial charge is 0.310 e. The van der Waals surface area contributed by atoms with Crippen molar-refractivity contribution in [1.82, 2.24) is 4.57 Å². The maximum absolute atomic E-state index is 13.1. The molecule has 2 aromatic carbocycles. The molecule has 1 heterocycles. The minimum Gasteiger partial charge on any atom is -0.508 e. The van der Waals surface area contributed by atoms with Crippen molar-refractivity contribution in [1.29, 1.82) is 0 Å². The monoisotopic (exact) mass is 399 g/mol. The number of halogens is 1.